The summed E-state index contributed by atoms with van der Waals surface area (Å²) >= 11 is 8.66. The molecule has 1 atom stereocenters. The first kappa shape index (κ1) is 136. The molecule has 10 aromatic rings. The Morgan fingerprint density at radius 2 is 0.880 bits per heavy atom. The summed E-state index contributed by atoms with van der Waals surface area (Å²) in [6, 6.07) is 7.19. The van der Waals surface area contributed by atoms with Gasteiger partial charge in [0.25, 0.3) is 5.69 Å². The summed E-state index contributed by atoms with van der Waals surface area (Å²) in [5.41, 5.74) is 6.01. The van der Waals surface area contributed by atoms with Crippen LogP contribution in [0.4, 0.5) is 66.8 Å². The Balaban J connectivity index is -0.000000219. The zero-order chi connectivity index (χ0) is 87.1. The van der Waals surface area contributed by atoms with Crippen LogP contribution < -0.4 is 59.0 Å². The molecule has 31 nitrogen and oxygen atoms in total. The van der Waals surface area contributed by atoms with Gasteiger partial charge in [-0.25, -0.2) is 45.1 Å². The van der Waals surface area contributed by atoms with Crippen molar-refractivity contribution in [2.45, 2.75) is 68.4 Å². The number of rotatable bonds is 18. The number of aromatic nitrogens is 4. The van der Waals surface area contributed by atoms with Crippen molar-refractivity contribution < 1.29 is 443 Å². The van der Waals surface area contributed by atoms with Crippen LogP contribution in [0.2, 0.25) is 0 Å². The molecule has 0 saturated heterocycles. The molecule has 4 aromatic heterocycles. The molecule has 0 spiro atoms. The summed E-state index contributed by atoms with van der Waals surface area (Å²) in [6.45, 7) is 28.4. The van der Waals surface area contributed by atoms with Crippen molar-refractivity contribution in [2.24, 2.45) is 0 Å². The van der Waals surface area contributed by atoms with Crippen molar-refractivity contribution in [3.63, 3.8) is 0 Å². The molecule has 0 fully saturated rings. The van der Waals surface area contributed by atoms with Crippen molar-refractivity contribution in [1.29, 1.82) is 0 Å². The molecule has 125 heavy (non-hydrogen) atoms. The van der Waals surface area contributed by atoms with E-state index < -0.39 is 137 Å². The van der Waals surface area contributed by atoms with Crippen molar-refractivity contribution in [2.75, 3.05) is 67.6 Å². The number of nitrogens with two attached hydrogens (primary N) is 1. The number of phenolic OH excluding ortho intramolecular Hbond substituents is 1. The van der Waals surface area contributed by atoms with Gasteiger partial charge in [0.05, 0.1) is 128 Å². The molecular formula is C71H64Br3F10N10NaO21PdY8. The van der Waals surface area contributed by atoms with Gasteiger partial charge in [0.2, 0.25) is 34.9 Å². The van der Waals surface area contributed by atoms with Crippen LogP contribution in [-0.2, 0) is 306 Å². The van der Waals surface area contributed by atoms with Gasteiger partial charge in [0.1, 0.15) is 28.7 Å². The Hall–Kier alpha value is -2.09. The molecule has 1 unspecified atom stereocenters. The number of anilines is 1. The summed E-state index contributed by atoms with van der Waals surface area (Å²) in [4.78, 5) is 72.8. The molecule has 650 valence electrons. The van der Waals surface area contributed by atoms with E-state index in [0.717, 1.165) is 44.6 Å². The third kappa shape index (κ3) is 35.3. The van der Waals surface area contributed by atoms with Gasteiger partial charge in [-0.15, -0.1) is 0 Å². The van der Waals surface area contributed by atoms with Gasteiger partial charge < -0.3 is 73.6 Å². The van der Waals surface area contributed by atoms with Gasteiger partial charge in [-0.05, 0) is 140 Å². The zero-order valence-corrected chi connectivity index (χ0v) is 99.2. The number of methoxy groups -OCH3 is 5. The molecule has 4 heterocycles. The number of H-pyrrole nitrogens is 1. The van der Waals surface area contributed by atoms with Crippen molar-refractivity contribution in [3.05, 3.63) is 219 Å². The number of esters is 3. The number of aromatic hydroxyl groups is 1. The smallest absolute Gasteiger partial charge is 1.00 e. The predicted octanol–water partition coefficient (Wildman–Crippen LogP) is 15.4. The quantitative estimate of drug-likeness (QED) is 0.0105. The Bertz CT molecular complexity index is 5360. The first-order valence-electron chi connectivity index (χ1n) is 31.9. The van der Waals surface area contributed by atoms with Gasteiger partial charge in [-0.3, -0.25) is 35.2 Å². The van der Waals surface area contributed by atoms with E-state index in [0.29, 0.717) is 73.2 Å². The molecule has 6 aromatic carbocycles. The maximum Gasteiger partial charge on any atom is 1.00 e. The number of carbonyl (C=O) groups excluding carboxylic acids is 3. The van der Waals surface area contributed by atoms with Crippen LogP contribution in [0.25, 0.3) is 54.0 Å². The number of fused-ring (bicyclic) bond motifs is 1. The molecule has 0 aliphatic rings. The van der Waals surface area contributed by atoms with Gasteiger partial charge in [-0.2, -0.15) is 26.3 Å². The van der Waals surface area contributed by atoms with Crippen LogP contribution in [0.15, 0.2) is 75.5 Å². The van der Waals surface area contributed by atoms with Crippen molar-refractivity contribution >= 4 is 99.5 Å². The first-order chi connectivity index (χ1) is 54.1. The van der Waals surface area contributed by atoms with Gasteiger partial charge in [-0.1, -0.05) is 15.5 Å². The van der Waals surface area contributed by atoms with E-state index in [1.807, 2.05) is 0 Å². The van der Waals surface area contributed by atoms with E-state index in [4.69, 9.17) is 61.2 Å². The Labute approximate surface area is 969 Å². The normalized spacial score (nSPS) is 9.67. The number of aryl methyl sites for hydroxylation is 6. The summed E-state index contributed by atoms with van der Waals surface area (Å²) in [6.07, 6.45) is 0. The second kappa shape index (κ2) is 65.5. The van der Waals surface area contributed by atoms with E-state index in [2.05, 4.69) is 92.1 Å². The van der Waals surface area contributed by atoms with Gasteiger partial charge in [0.15, 0.2) is 63.3 Å². The third-order valence-corrected chi connectivity index (χ3v) is 16.8. The minimum Gasteiger partial charge on any atom is -1.00 e. The number of halogens is 13. The molecule has 8 radical (unpaired) electrons. The number of phenols is 1. The zero-order valence-electron chi connectivity index (χ0n) is 69.1. The second-order valence-electron chi connectivity index (χ2n) is 22.0. The summed E-state index contributed by atoms with van der Waals surface area (Å²) in [7, 11) is 6.08. The number of hydrogen-bond donors (Lipinski definition) is 3. The maximum atomic E-state index is 15.2. The predicted molar refractivity (Wildman–Crippen MR) is 398 cm³/mol. The summed E-state index contributed by atoms with van der Waals surface area (Å²) < 4.78 is 188. The molecule has 10 rings (SSSR count). The summed E-state index contributed by atoms with van der Waals surface area (Å²) in [5, 5.41) is 52.7. The van der Waals surface area contributed by atoms with E-state index in [9.17, 15) is 79.8 Å². The largest absolute Gasteiger partial charge is 1.00 e. The molecule has 0 amide bonds. The Kier molecular flexibility index (Phi) is 71.3. The standard InChI is InChI=1S/C17H16FN3O6.C17H18FN3O4.C12H10F2N2O4.C7H4BrF2NO3.C7H5BrF2O.C6H3BrF2O.C5H7NO2.Na.Pd.8Y.H/c1-6-26-17(22)15(19-4)13-11(21(23)24)7-10(16(25-5)14(13)18)12-8(2)20-27-9(12)3;1-5-24-17(22)13-12-10(20-16(13)19)6-9(15(23-4)14(12)18)11-7(2)21-25-8(11)3;1-5-9(6(2)20-15-5)7-4-8(16(17)18)10(13)11(14)12(7)19-3;1-14-7-3(8)2-4(11(12)13)5(9)6(7)10;1-11-7-4(8)2-3-5(9)6(7)10;7-3-1-2-4(8)5(9)6(3)10;1-3-8-5(7)4-6-2;;;;;;;;;;;/h7,15H,6H2,1-3,5H3;6,20H,5,19H2,1-4H3;4H,1-3H3;2H,1H3;2-3H,1H3;1-2,10H;3-4H2,1H3;;;;;;;;;;;/q;;;;;;;+1;;;;;;;;;;-1. The molecule has 4 N–H and O–H groups in total. The molecule has 0 aliphatic carbocycles. The number of hydrogen-bond acceptors (Lipinski definition) is 25. The van der Waals surface area contributed by atoms with Crippen LogP contribution in [0.3, 0.4) is 0 Å². The fourth-order valence-electron chi connectivity index (χ4n) is 10.1. The third-order valence-electron chi connectivity index (χ3n) is 14.9. The summed E-state index contributed by atoms with van der Waals surface area (Å²) in [5.74, 6) is -15.0. The number of ether oxygens (including phenoxy) is 8. The van der Waals surface area contributed by atoms with Gasteiger partial charge in [0, 0.05) is 317 Å². The minimum absolute atomic E-state index is 0. The van der Waals surface area contributed by atoms with Gasteiger partial charge >= 0.3 is 71.4 Å². The number of nitro benzene ring substituents is 3. The SMILES string of the molecule is CCOC(=O)c1c(N)[nH]c2cc(-c3c(C)noc3C)c(OC)c(F)c12.COc1c(-c2c(C)noc2C)cc([N+](=O)[O-])c(F)c1F.COc1c(Br)cc([N+](=O)[O-])c(F)c1F.COc1c(Br)ccc(F)c1F.Oc1c(Br)ccc(F)c1F.[C-]#[N+]C(C(=O)OCC)c1c([N+](=O)[O-])cc(-c2c(C)noc2C)c(OC)c1F.[C-]#[N+]CC(=O)OCC.[H-].[Na+].[Pd].[Y].[Y].[Y].[Y].[Y].[Y].[Y].[Y]. The molecule has 0 bridgehead atoms. The number of nitrogens with zero attached hydrogens (tertiary/aromatic N) is 8. The molecule has 54 heteroatoms. The Morgan fingerprint density at radius 3 is 1.24 bits per heavy atom. The average molecular weight is 2660 g/mol. The van der Waals surface area contributed by atoms with Crippen molar-refractivity contribution in [1.82, 2.24) is 20.5 Å². The number of nitrogens with one attached hydrogen (secondary N) is 1. The van der Waals surface area contributed by atoms with E-state index >= 15 is 8.78 Å². The fraction of sp³-hybridized carbons (Fsp3) is 0.268. The molecule has 0 saturated carbocycles. The second-order valence-corrected chi connectivity index (χ2v) is 24.6. The van der Waals surface area contributed by atoms with Crippen molar-refractivity contribution in [3.8, 4) is 67.9 Å². The van der Waals surface area contributed by atoms with Crippen LogP contribution in [-0.4, -0.2) is 120 Å². The number of nitrogen functional groups attached to an aromatic ring is 1. The van der Waals surface area contributed by atoms with Crippen LogP contribution >= 0.6 is 47.8 Å². The first-order valence-corrected chi connectivity index (χ1v) is 34.3. The maximum absolute atomic E-state index is 15.2. The minimum atomic E-state index is -1.84. The van der Waals surface area contributed by atoms with Crippen LogP contribution in [0.5, 0.6) is 34.5 Å². The number of aromatic amines is 1. The van der Waals surface area contributed by atoms with Crippen LogP contribution in [0.1, 0.15) is 78.5 Å². The Morgan fingerprint density at radius 1 is 0.520 bits per heavy atom. The molecule has 0 aliphatic heterocycles. The van der Waals surface area contributed by atoms with E-state index in [-0.39, 0.29) is 387 Å². The number of nitro groups is 3. The monoisotopic (exact) mass is 2660 g/mol. The number of carbonyl (C=O) groups is 3. The van der Waals surface area contributed by atoms with E-state index in [1.165, 1.54) is 40.4 Å². The topological polar surface area (TPSA) is 403 Å². The average Bonchev–Trinajstić information content (AvgIpc) is 1.52. The molecular weight excluding hydrogens is 2600 g/mol. The number of benzene rings is 6. The van der Waals surface area contributed by atoms with E-state index in [1.54, 1.807) is 61.5 Å². The van der Waals surface area contributed by atoms with Crippen LogP contribution in [0, 0.1) is 143 Å². The fourth-order valence-corrected chi connectivity index (χ4v) is 11.4.